The summed E-state index contributed by atoms with van der Waals surface area (Å²) in [5, 5.41) is 4.37. The molecule has 0 amide bonds. The second kappa shape index (κ2) is 6.75. The summed E-state index contributed by atoms with van der Waals surface area (Å²) >= 11 is 5.70. The summed E-state index contributed by atoms with van der Waals surface area (Å²) in [4.78, 5) is 2.37. The smallest absolute Gasteiger partial charge is 0.200 e. The highest BCUT2D eigenvalue weighted by Gasteiger charge is 2.12. The van der Waals surface area contributed by atoms with Gasteiger partial charge in [-0.05, 0) is 44.0 Å². The maximum Gasteiger partial charge on any atom is 0.276 e. The van der Waals surface area contributed by atoms with Gasteiger partial charge in [-0.3, -0.25) is 0 Å². The van der Waals surface area contributed by atoms with Gasteiger partial charge in [-0.25, -0.2) is 4.83 Å². The lowest BCUT2D eigenvalue weighted by atomic mass is 10.2. The van der Waals surface area contributed by atoms with Crippen LogP contribution in [0.3, 0.4) is 0 Å². The van der Waals surface area contributed by atoms with Crippen LogP contribution < -0.4 is 4.83 Å². The first-order chi connectivity index (χ1) is 8.45. The van der Waals surface area contributed by atoms with E-state index in [4.69, 9.17) is 11.6 Å². The van der Waals surface area contributed by atoms with E-state index in [0.717, 1.165) is 25.0 Å². The van der Waals surface area contributed by atoms with Crippen LogP contribution in [0.15, 0.2) is 34.3 Å². The normalized spacial score (nSPS) is 12.5. The van der Waals surface area contributed by atoms with Crippen LogP contribution in [0.25, 0.3) is 0 Å². The van der Waals surface area contributed by atoms with Crippen LogP contribution in [0.5, 0.6) is 0 Å². The molecular formula is C12H17ClN2O2S. The lowest BCUT2D eigenvalue weighted by molar-refractivity contribution is 0.584. The molecule has 0 unspecified atom stereocenters. The summed E-state index contributed by atoms with van der Waals surface area (Å²) in [6, 6.07) is 5.96. The van der Waals surface area contributed by atoms with Crippen LogP contribution in [0.4, 0.5) is 0 Å². The predicted octanol–water partition coefficient (Wildman–Crippen LogP) is 3.18. The van der Waals surface area contributed by atoms with Crippen LogP contribution in [-0.4, -0.2) is 14.1 Å². The summed E-state index contributed by atoms with van der Waals surface area (Å²) in [5.41, 5.74) is 0.773. The molecule has 100 valence electrons. The van der Waals surface area contributed by atoms with Crippen LogP contribution in [0.2, 0.25) is 5.02 Å². The van der Waals surface area contributed by atoms with E-state index in [1.165, 1.54) is 24.3 Å². The van der Waals surface area contributed by atoms with E-state index < -0.39 is 10.0 Å². The average Bonchev–Trinajstić information content (AvgIpc) is 2.34. The quantitative estimate of drug-likeness (QED) is 0.645. The Hall–Kier alpha value is -1.07. The van der Waals surface area contributed by atoms with Crippen molar-refractivity contribution in [2.75, 3.05) is 0 Å². The standard InChI is InChI=1S/C12H17ClN2O2S/c1-3-4-5-10(2)14-15-18(16,17)12-8-6-11(13)7-9-12/h6-9,15H,3-5H2,1-2H3. The fourth-order valence-corrected chi connectivity index (χ4v) is 2.29. The number of hydrogen-bond donors (Lipinski definition) is 1. The topological polar surface area (TPSA) is 58.5 Å². The van der Waals surface area contributed by atoms with Crippen molar-refractivity contribution in [2.24, 2.45) is 5.10 Å². The third kappa shape index (κ3) is 4.66. The van der Waals surface area contributed by atoms with Gasteiger partial charge in [-0.1, -0.05) is 24.9 Å². The first kappa shape index (κ1) is 15.0. The molecule has 0 fully saturated rings. The van der Waals surface area contributed by atoms with Crippen molar-refractivity contribution in [3.05, 3.63) is 29.3 Å². The summed E-state index contributed by atoms with van der Waals surface area (Å²) < 4.78 is 23.7. The largest absolute Gasteiger partial charge is 0.276 e. The van der Waals surface area contributed by atoms with Gasteiger partial charge in [0.2, 0.25) is 0 Å². The average molecular weight is 289 g/mol. The number of hydrogen-bond acceptors (Lipinski definition) is 3. The lowest BCUT2D eigenvalue weighted by Crippen LogP contribution is -2.19. The molecule has 0 atom stereocenters. The molecule has 1 aromatic rings. The van der Waals surface area contributed by atoms with Crippen molar-refractivity contribution in [1.82, 2.24) is 4.83 Å². The molecule has 0 spiro atoms. The van der Waals surface area contributed by atoms with E-state index in [1.807, 2.05) is 0 Å². The van der Waals surface area contributed by atoms with Crippen LogP contribution in [0, 0.1) is 0 Å². The predicted molar refractivity (Wildman–Crippen MR) is 74.4 cm³/mol. The Morgan fingerprint density at radius 3 is 2.50 bits per heavy atom. The molecule has 0 bridgehead atoms. The molecule has 0 radical (unpaired) electrons. The van der Waals surface area contributed by atoms with Crippen molar-refractivity contribution in [1.29, 1.82) is 0 Å². The van der Waals surface area contributed by atoms with E-state index in [0.29, 0.717) is 5.02 Å². The molecule has 0 aromatic heterocycles. The molecule has 0 heterocycles. The monoisotopic (exact) mass is 288 g/mol. The molecule has 18 heavy (non-hydrogen) atoms. The van der Waals surface area contributed by atoms with Gasteiger partial charge in [0.15, 0.2) is 0 Å². The van der Waals surface area contributed by atoms with Gasteiger partial charge in [-0.15, -0.1) is 0 Å². The molecule has 6 heteroatoms. The van der Waals surface area contributed by atoms with Crippen LogP contribution in [-0.2, 0) is 10.0 Å². The molecular weight excluding hydrogens is 272 g/mol. The van der Waals surface area contributed by atoms with Crippen molar-refractivity contribution in [3.63, 3.8) is 0 Å². The zero-order valence-electron chi connectivity index (χ0n) is 10.5. The Balaban J connectivity index is 2.73. The molecule has 0 saturated heterocycles. The van der Waals surface area contributed by atoms with Crippen molar-refractivity contribution in [2.45, 2.75) is 38.0 Å². The SMILES string of the molecule is CCCCC(C)=NNS(=O)(=O)c1ccc(Cl)cc1. The molecule has 0 saturated carbocycles. The van der Waals surface area contributed by atoms with Gasteiger partial charge >= 0.3 is 0 Å². The van der Waals surface area contributed by atoms with Gasteiger partial charge in [-0.2, -0.15) is 13.5 Å². The fraction of sp³-hybridized carbons (Fsp3) is 0.417. The molecule has 0 aliphatic heterocycles. The van der Waals surface area contributed by atoms with Crippen LogP contribution >= 0.6 is 11.6 Å². The number of sulfonamides is 1. The van der Waals surface area contributed by atoms with Crippen molar-refractivity contribution in [3.8, 4) is 0 Å². The number of nitrogens with zero attached hydrogens (tertiary/aromatic N) is 1. The summed E-state index contributed by atoms with van der Waals surface area (Å²) in [6.45, 7) is 3.88. The minimum Gasteiger partial charge on any atom is -0.200 e. The number of benzene rings is 1. The van der Waals surface area contributed by atoms with Crippen molar-refractivity contribution < 1.29 is 8.42 Å². The van der Waals surface area contributed by atoms with Gasteiger partial charge in [0.05, 0.1) is 4.90 Å². The lowest BCUT2D eigenvalue weighted by Gasteiger charge is -2.05. The highest BCUT2D eigenvalue weighted by atomic mass is 35.5. The van der Waals surface area contributed by atoms with Gasteiger partial charge in [0.1, 0.15) is 0 Å². The van der Waals surface area contributed by atoms with Crippen LogP contribution in [0.1, 0.15) is 33.1 Å². The molecule has 0 aliphatic rings. The third-order valence-electron chi connectivity index (χ3n) is 2.37. The maximum atomic E-state index is 11.9. The molecule has 1 N–H and O–H groups in total. The van der Waals surface area contributed by atoms with E-state index in [1.54, 1.807) is 6.92 Å². The number of rotatable bonds is 6. The second-order valence-corrected chi connectivity index (χ2v) is 6.10. The minimum absolute atomic E-state index is 0.152. The maximum absolute atomic E-state index is 11.9. The zero-order chi connectivity index (χ0) is 13.6. The summed E-state index contributed by atoms with van der Waals surface area (Å²) in [7, 11) is -3.59. The highest BCUT2D eigenvalue weighted by molar-refractivity contribution is 7.89. The Morgan fingerprint density at radius 1 is 1.33 bits per heavy atom. The molecule has 0 aliphatic carbocycles. The van der Waals surface area contributed by atoms with E-state index in [2.05, 4.69) is 16.9 Å². The number of unbranched alkanes of at least 4 members (excludes halogenated alkanes) is 1. The van der Waals surface area contributed by atoms with Gasteiger partial charge in [0.25, 0.3) is 10.0 Å². The number of hydrazone groups is 1. The first-order valence-corrected chi connectivity index (χ1v) is 7.62. The highest BCUT2D eigenvalue weighted by Crippen LogP contribution is 2.13. The molecule has 1 rings (SSSR count). The Morgan fingerprint density at radius 2 is 1.94 bits per heavy atom. The minimum atomic E-state index is -3.59. The number of halogens is 1. The first-order valence-electron chi connectivity index (χ1n) is 5.76. The van der Waals surface area contributed by atoms with E-state index in [-0.39, 0.29) is 4.90 Å². The van der Waals surface area contributed by atoms with E-state index >= 15 is 0 Å². The molecule has 1 aromatic carbocycles. The summed E-state index contributed by atoms with van der Waals surface area (Å²) in [6.07, 6.45) is 2.84. The zero-order valence-corrected chi connectivity index (χ0v) is 12.1. The Labute approximate surface area is 113 Å². The Bertz CT molecular complexity index is 509. The Kier molecular flexibility index (Phi) is 5.62. The van der Waals surface area contributed by atoms with Gasteiger partial charge < -0.3 is 0 Å². The number of nitrogens with one attached hydrogen (secondary N) is 1. The summed E-state index contributed by atoms with van der Waals surface area (Å²) in [5.74, 6) is 0. The van der Waals surface area contributed by atoms with Crippen molar-refractivity contribution >= 4 is 27.3 Å². The fourth-order valence-electron chi connectivity index (χ4n) is 1.29. The molecule has 4 nitrogen and oxygen atoms in total. The second-order valence-electron chi connectivity index (χ2n) is 4.00. The van der Waals surface area contributed by atoms with Gasteiger partial charge in [0, 0.05) is 10.7 Å². The van der Waals surface area contributed by atoms with E-state index in [9.17, 15) is 8.42 Å². The third-order valence-corrected chi connectivity index (χ3v) is 3.85.